The molecule has 176 valence electrons. The van der Waals surface area contributed by atoms with Gasteiger partial charge in [-0.15, -0.1) is 0 Å². The molecule has 0 fully saturated rings. The lowest BCUT2D eigenvalue weighted by Gasteiger charge is -2.15. The molecule has 0 spiro atoms. The van der Waals surface area contributed by atoms with E-state index in [4.69, 9.17) is 17.0 Å². The molecule has 0 aromatic heterocycles. The summed E-state index contributed by atoms with van der Waals surface area (Å²) in [6.45, 7) is 5.08. The molecular weight excluding hydrogens is 446 g/mol. The molecule has 3 aromatic rings. The standard InChI is InChI=1S/C27H29N3O3S/c1-19(2)18-33-24-15-9-7-13-22(24)26(32)30-27(34)29-23-14-8-6-12-21(23)25(31)28-17-16-20-10-4-3-5-11-20/h3-15,19H,16-18H2,1-2H3,(H,28,31)(H2,29,30,32,34). The molecule has 6 nitrogen and oxygen atoms in total. The SMILES string of the molecule is CC(C)COc1ccccc1C(=O)NC(=S)Nc1ccccc1C(=O)NCCc1ccccc1. The zero-order valence-electron chi connectivity index (χ0n) is 19.3. The minimum absolute atomic E-state index is 0.0909. The zero-order chi connectivity index (χ0) is 24.3. The lowest BCUT2D eigenvalue weighted by Crippen LogP contribution is -2.35. The van der Waals surface area contributed by atoms with Gasteiger partial charge in [0.15, 0.2) is 5.11 Å². The van der Waals surface area contributed by atoms with Crippen LogP contribution in [0.5, 0.6) is 5.75 Å². The molecule has 3 aromatic carbocycles. The summed E-state index contributed by atoms with van der Waals surface area (Å²) in [4.78, 5) is 25.6. The molecule has 2 amide bonds. The number of amides is 2. The minimum Gasteiger partial charge on any atom is -0.492 e. The van der Waals surface area contributed by atoms with Crippen LogP contribution < -0.4 is 20.7 Å². The summed E-state index contributed by atoms with van der Waals surface area (Å²) in [5, 5.41) is 8.66. The number of ether oxygens (including phenoxy) is 1. The fourth-order valence-electron chi connectivity index (χ4n) is 3.21. The van der Waals surface area contributed by atoms with Crippen molar-refractivity contribution in [3.8, 4) is 5.75 Å². The molecule has 0 saturated carbocycles. The predicted molar refractivity (Wildman–Crippen MR) is 139 cm³/mol. The smallest absolute Gasteiger partial charge is 0.261 e. The summed E-state index contributed by atoms with van der Waals surface area (Å²) in [5.74, 6) is 0.214. The predicted octanol–water partition coefficient (Wildman–Crippen LogP) is 4.82. The van der Waals surface area contributed by atoms with E-state index in [0.717, 1.165) is 12.0 Å². The molecule has 3 rings (SSSR count). The molecule has 34 heavy (non-hydrogen) atoms. The number of nitrogens with one attached hydrogen (secondary N) is 3. The molecule has 0 aliphatic heterocycles. The van der Waals surface area contributed by atoms with Gasteiger partial charge in [0.25, 0.3) is 11.8 Å². The Balaban J connectivity index is 1.60. The third-order valence-corrected chi connectivity index (χ3v) is 5.10. The van der Waals surface area contributed by atoms with E-state index in [2.05, 4.69) is 16.0 Å². The summed E-state index contributed by atoms with van der Waals surface area (Å²) in [6, 6.07) is 24.0. The Hall–Kier alpha value is -3.71. The first-order valence-corrected chi connectivity index (χ1v) is 11.6. The Labute approximate surface area is 205 Å². The van der Waals surface area contributed by atoms with Crippen molar-refractivity contribution in [2.45, 2.75) is 20.3 Å². The van der Waals surface area contributed by atoms with Gasteiger partial charge in [0, 0.05) is 6.54 Å². The fourth-order valence-corrected chi connectivity index (χ4v) is 3.41. The second-order valence-electron chi connectivity index (χ2n) is 8.15. The molecular formula is C27H29N3O3S. The van der Waals surface area contributed by atoms with Crippen LogP contribution in [0.3, 0.4) is 0 Å². The Morgan fingerprint density at radius 1 is 0.853 bits per heavy atom. The molecule has 0 atom stereocenters. The fraction of sp³-hybridized carbons (Fsp3) is 0.222. The van der Waals surface area contributed by atoms with Gasteiger partial charge in [0.05, 0.1) is 23.4 Å². The first-order valence-electron chi connectivity index (χ1n) is 11.2. The van der Waals surface area contributed by atoms with E-state index in [-0.39, 0.29) is 16.9 Å². The van der Waals surface area contributed by atoms with E-state index in [1.54, 1.807) is 42.5 Å². The van der Waals surface area contributed by atoms with Gasteiger partial charge in [-0.2, -0.15) is 0 Å². The van der Waals surface area contributed by atoms with Crippen molar-refractivity contribution in [1.82, 2.24) is 10.6 Å². The number of carbonyl (C=O) groups excluding carboxylic acids is 2. The largest absolute Gasteiger partial charge is 0.492 e. The second kappa shape index (κ2) is 12.5. The van der Waals surface area contributed by atoms with Crippen LogP contribution in [-0.2, 0) is 6.42 Å². The minimum atomic E-state index is -0.387. The molecule has 0 aliphatic rings. The van der Waals surface area contributed by atoms with Crippen molar-refractivity contribution in [1.29, 1.82) is 0 Å². The number of para-hydroxylation sites is 2. The number of benzene rings is 3. The Bertz CT molecular complexity index is 1130. The molecule has 0 radical (unpaired) electrons. The number of hydrogen-bond acceptors (Lipinski definition) is 4. The van der Waals surface area contributed by atoms with Crippen LogP contribution in [0.1, 0.15) is 40.1 Å². The Morgan fingerprint density at radius 3 is 2.24 bits per heavy atom. The van der Waals surface area contributed by atoms with Crippen LogP contribution in [0.2, 0.25) is 0 Å². The highest BCUT2D eigenvalue weighted by molar-refractivity contribution is 7.80. The summed E-state index contributed by atoms with van der Waals surface area (Å²) in [6.07, 6.45) is 0.731. The van der Waals surface area contributed by atoms with E-state index >= 15 is 0 Å². The summed E-state index contributed by atoms with van der Waals surface area (Å²) >= 11 is 5.34. The lowest BCUT2D eigenvalue weighted by molar-refractivity contribution is 0.0952. The third-order valence-electron chi connectivity index (χ3n) is 4.89. The Morgan fingerprint density at radius 2 is 1.50 bits per heavy atom. The summed E-state index contributed by atoms with van der Waals surface area (Å²) in [5.41, 5.74) is 2.48. The van der Waals surface area contributed by atoms with Crippen molar-refractivity contribution in [3.63, 3.8) is 0 Å². The van der Waals surface area contributed by atoms with Crippen molar-refractivity contribution in [2.24, 2.45) is 5.92 Å². The average Bonchev–Trinajstić information content (AvgIpc) is 2.83. The zero-order valence-corrected chi connectivity index (χ0v) is 20.2. The maximum absolute atomic E-state index is 12.8. The number of carbonyl (C=O) groups is 2. The molecule has 0 bridgehead atoms. The van der Waals surface area contributed by atoms with Crippen molar-refractivity contribution >= 4 is 34.8 Å². The lowest BCUT2D eigenvalue weighted by atomic mass is 10.1. The average molecular weight is 476 g/mol. The van der Waals surface area contributed by atoms with Crippen LogP contribution in [0.4, 0.5) is 5.69 Å². The van der Waals surface area contributed by atoms with Crippen molar-refractivity contribution in [2.75, 3.05) is 18.5 Å². The number of hydrogen-bond donors (Lipinski definition) is 3. The molecule has 0 aliphatic carbocycles. The first kappa shape index (κ1) is 24.9. The van der Waals surface area contributed by atoms with Crippen molar-refractivity contribution in [3.05, 3.63) is 95.6 Å². The molecule has 0 saturated heterocycles. The van der Waals surface area contributed by atoms with Gasteiger partial charge in [-0.3, -0.25) is 14.9 Å². The van der Waals surface area contributed by atoms with E-state index in [9.17, 15) is 9.59 Å². The van der Waals surface area contributed by atoms with Gasteiger partial charge in [-0.25, -0.2) is 0 Å². The topological polar surface area (TPSA) is 79.5 Å². The molecule has 0 heterocycles. The highest BCUT2D eigenvalue weighted by Crippen LogP contribution is 2.19. The van der Waals surface area contributed by atoms with Crippen LogP contribution in [0, 0.1) is 5.92 Å². The van der Waals surface area contributed by atoms with Crippen LogP contribution in [0.15, 0.2) is 78.9 Å². The normalized spacial score (nSPS) is 10.4. The van der Waals surface area contributed by atoms with Gasteiger partial charge in [-0.1, -0.05) is 68.4 Å². The van der Waals surface area contributed by atoms with Crippen molar-refractivity contribution < 1.29 is 14.3 Å². The van der Waals surface area contributed by atoms with E-state index in [1.165, 1.54) is 0 Å². The third kappa shape index (κ3) is 7.42. The van der Waals surface area contributed by atoms with Gasteiger partial charge in [0.2, 0.25) is 0 Å². The maximum atomic E-state index is 12.8. The van der Waals surface area contributed by atoms with Gasteiger partial charge in [0.1, 0.15) is 5.75 Å². The monoisotopic (exact) mass is 475 g/mol. The number of rotatable bonds is 9. The Kier molecular flexibility index (Phi) is 9.17. The summed E-state index contributed by atoms with van der Waals surface area (Å²) in [7, 11) is 0. The van der Waals surface area contributed by atoms with E-state index < -0.39 is 0 Å². The van der Waals surface area contributed by atoms with Crippen LogP contribution in [-0.4, -0.2) is 30.1 Å². The number of thiocarbonyl (C=S) groups is 1. The molecule has 3 N–H and O–H groups in total. The molecule has 7 heteroatoms. The highest BCUT2D eigenvalue weighted by Gasteiger charge is 2.16. The summed E-state index contributed by atoms with van der Waals surface area (Å²) < 4.78 is 5.76. The molecule has 0 unspecified atom stereocenters. The number of anilines is 1. The first-order chi connectivity index (χ1) is 16.4. The maximum Gasteiger partial charge on any atom is 0.261 e. The highest BCUT2D eigenvalue weighted by atomic mass is 32.1. The van der Waals surface area contributed by atoms with Crippen LogP contribution >= 0.6 is 12.2 Å². The van der Waals surface area contributed by atoms with E-state index in [1.807, 2.05) is 50.2 Å². The van der Waals surface area contributed by atoms with Gasteiger partial charge in [-0.05, 0) is 54.4 Å². The second-order valence-corrected chi connectivity index (χ2v) is 8.55. The van der Waals surface area contributed by atoms with Crippen LogP contribution in [0.25, 0.3) is 0 Å². The quantitative estimate of drug-likeness (QED) is 0.387. The van der Waals surface area contributed by atoms with Gasteiger partial charge >= 0.3 is 0 Å². The van der Waals surface area contributed by atoms with E-state index in [0.29, 0.717) is 41.6 Å². The van der Waals surface area contributed by atoms with Gasteiger partial charge < -0.3 is 15.4 Å².